The molecule has 0 aliphatic carbocycles. The fourth-order valence-electron chi connectivity index (χ4n) is 2.33. The number of para-hydroxylation sites is 2. The maximum atomic E-state index is 11.7. The molecule has 0 spiro atoms. The van der Waals surface area contributed by atoms with Crippen molar-refractivity contribution in [1.82, 2.24) is 0 Å². The molecule has 1 aliphatic heterocycles. The summed E-state index contributed by atoms with van der Waals surface area (Å²) < 4.78 is 28.7. The molecule has 0 radical (unpaired) electrons. The van der Waals surface area contributed by atoms with Crippen LogP contribution in [0.1, 0.15) is 12.8 Å². The molecule has 1 saturated heterocycles. The summed E-state index contributed by atoms with van der Waals surface area (Å²) in [7, 11) is -1.63. The molecular formula is C13H16N2O3S. The van der Waals surface area contributed by atoms with Gasteiger partial charge in [-0.15, -0.1) is 0 Å². The molecule has 1 unspecified atom stereocenters. The van der Waals surface area contributed by atoms with E-state index in [2.05, 4.69) is 11.4 Å². The zero-order valence-corrected chi connectivity index (χ0v) is 11.5. The van der Waals surface area contributed by atoms with Crippen molar-refractivity contribution in [2.45, 2.75) is 18.4 Å². The first-order valence-electron chi connectivity index (χ1n) is 6.03. The second-order valence-electron chi connectivity index (χ2n) is 4.71. The molecule has 1 N–H and O–H groups in total. The topological polar surface area (TPSA) is 79.2 Å². The van der Waals surface area contributed by atoms with Gasteiger partial charge in [0.1, 0.15) is 11.3 Å². The maximum absolute atomic E-state index is 11.7. The predicted octanol–water partition coefficient (Wildman–Crippen LogP) is 1.58. The fourth-order valence-corrected chi connectivity index (χ4v) is 4.09. The standard InChI is InChI=1S/C13H16N2O3S/c1-18-12-6-3-2-5-11(12)15-13(9-14)7-4-8-19(16,17)10-13/h2-3,5-6,15H,4,7-8,10H2,1H3. The third kappa shape index (κ3) is 2.99. The first-order valence-corrected chi connectivity index (χ1v) is 7.85. The Bertz CT molecular complexity index is 607. The Hall–Kier alpha value is -1.74. The lowest BCUT2D eigenvalue weighted by molar-refractivity contribution is 0.414. The second-order valence-corrected chi connectivity index (χ2v) is 6.90. The summed E-state index contributed by atoms with van der Waals surface area (Å²) in [5.41, 5.74) is -0.422. The van der Waals surface area contributed by atoms with Crippen LogP contribution in [-0.4, -0.2) is 32.6 Å². The molecule has 0 aromatic heterocycles. The Kier molecular flexibility index (Phi) is 3.67. The first kappa shape index (κ1) is 13.7. The van der Waals surface area contributed by atoms with Crippen molar-refractivity contribution in [2.24, 2.45) is 0 Å². The van der Waals surface area contributed by atoms with Crippen LogP contribution in [0.15, 0.2) is 24.3 Å². The van der Waals surface area contributed by atoms with E-state index in [1.165, 1.54) is 7.11 Å². The normalized spacial score (nSPS) is 25.3. The van der Waals surface area contributed by atoms with Gasteiger partial charge in [0, 0.05) is 0 Å². The van der Waals surface area contributed by atoms with E-state index in [0.29, 0.717) is 24.3 Å². The molecule has 0 saturated carbocycles. The third-order valence-corrected chi connectivity index (χ3v) is 5.06. The second kappa shape index (κ2) is 5.10. The maximum Gasteiger partial charge on any atom is 0.153 e. The molecule has 19 heavy (non-hydrogen) atoms. The van der Waals surface area contributed by atoms with E-state index < -0.39 is 15.4 Å². The Labute approximate surface area is 113 Å². The Morgan fingerprint density at radius 1 is 1.42 bits per heavy atom. The van der Waals surface area contributed by atoms with Crippen molar-refractivity contribution < 1.29 is 13.2 Å². The Balaban J connectivity index is 2.31. The molecule has 1 aliphatic rings. The van der Waals surface area contributed by atoms with Gasteiger partial charge in [-0.1, -0.05) is 12.1 Å². The third-order valence-electron chi connectivity index (χ3n) is 3.22. The van der Waals surface area contributed by atoms with Crippen LogP contribution in [0.2, 0.25) is 0 Å². The summed E-state index contributed by atoms with van der Waals surface area (Å²) in [5.74, 6) is 0.596. The molecule has 5 nitrogen and oxygen atoms in total. The fraction of sp³-hybridized carbons (Fsp3) is 0.462. The zero-order valence-electron chi connectivity index (χ0n) is 10.7. The van der Waals surface area contributed by atoms with E-state index in [0.717, 1.165) is 0 Å². The van der Waals surface area contributed by atoms with Gasteiger partial charge in [-0.25, -0.2) is 8.42 Å². The van der Waals surface area contributed by atoms with Gasteiger partial charge >= 0.3 is 0 Å². The number of hydrogen-bond acceptors (Lipinski definition) is 5. The zero-order chi connectivity index (χ0) is 13.9. The highest BCUT2D eigenvalue weighted by molar-refractivity contribution is 7.91. The lowest BCUT2D eigenvalue weighted by Crippen LogP contribution is -2.47. The van der Waals surface area contributed by atoms with Gasteiger partial charge in [0.05, 0.1) is 30.4 Å². The average Bonchev–Trinajstić information content (AvgIpc) is 2.38. The van der Waals surface area contributed by atoms with Crippen molar-refractivity contribution in [3.8, 4) is 11.8 Å². The molecule has 102 valence electrons. The van der Waals surface area contributed by atoms with Gasteiger partial charge in [0.25, 0.3) is 0 Å². The van der Waals surface area contributed by atoms with E-state index in [-0.39, 0.29) is 11.5 Å². The van der Waals surface area contributed by atoms with Crippen LogP contribution in [0, 0.1) is 11.3 Å². The van der Waals surface area contributed by atoms with Crippen molar-refractivity contribution in [1.29, 1.82) is 5.26 Å². The van der Waals surface area contributed by atoms with Crippen LogP contribution in [0.3, 0.4) is 0 Å². The van der Waals surface area contributed by atoms with Crippen molar-refractivity contribution >= 4 is 15.5 Å². The van der Waals surface area contributed by atoms with Gasteiger partial charge in [0.2, 0.25) is 0 Å². The van der Waals surface area contributed by atoms with Crippen molar-refractivity contribution in [3.63, 3.8) is 0 Å². The van der Waals surface area contributed by atoms with E-state index in [4.69, 9.17) is 4.74 Å². The summed E-state index contributed by atoms with van der Waals surface area (Å²) in [6.45, 7) is 0. The minimum absolute atomic E-state index is 0.157. The SMILES string of the molecule is COc1ccccc1NC1(C#N)CCCS(=O)(=O)C1. The summed E-state index contributed by atoms with van der Waals surface area (Å²) in [6.07, 6.45) is 1.01. The van der Waals surface area contributed by atoms with E-state index in [1.54, 1.807) is 12.1 Å². The Morgan fingerprint density at radius 2 is 2.16 bits per heavy atom. The number of ether oxygens (including phenoxy) is 1. The highest BCUT2D eigenvalue weighted by Gasteiger charge is 2.39. The largest absolute Gasteiger partial charge is 0.495 e. The number of sulfone groups is 1. The molecular weight excluding hydrogens is 264 g/mol. The van der Waals surface area contributed by atoms with E-state index >= 15 is 0 Å². The summed E-state index contributed by atoms with van der Waals surface area (Å²) in [6, 6.07) is 9.31. The van der Waals surface area contributed by atoms with Gasteiger partial charge in [-0.05, 0) is 25.0 Å². The number of nitrogens with zero attached hydrogens (tertiary/aromatic N) is 1. The van der Waals surface area contributed by atoms with Crippen LogP contribution < -0.4 is 10.1 Å². The number of methoxy groups -OCH3 is 1. The van der Waals surface area contributed by atoms with E-state index in [1.807, 2.05) is 12.1 Å². The monoisotopic (exact) mass is 280 g/mol. The Morgan fingerprint density at radius 3 is 2.79 bits per heavy atom. The lowest BCUT2D eigenvalue weighted by atomic mass is 9.96. The highest BCUT2D eigenvalue weighted by atomic mass is 32.2. The van der Waals surface area contributed by atoms with Gasteiger partial charge in [-0.3, -0.25) is 0 Å². The number of benzene rings is 1. The number of hydrogen-bond donors (Lipinski definition) is 1. The molecule has 0 bridgehead atoms. The smallest absolute Gasteiger partial charge is 0.153 e. The average molecular weight is 280 g/mol. The lowest BCUT2D eigenvalue weighted by Gasteiger charge is -2.32. The number of rotatable bonds is 3. The predicted molar refractivity (Wildman–Crippen MR) is 72.8 cm³/mol. The molecule has 0 amide bonds. The summed E-state index contributed by atoms with van der Waals surface area (Å²) in [5, 5.41) is 12.4. The molecule has 6 heteroatoms. The van der Waals surface area contributed by atoms with Crippen LogP contribution in [0.4, 0.5) is 5.69 Å². The van der Waals surface area contributed by atoms with Crippen LogP contribution >= 0.6 is 0 Å². The van der Waals surface area contributed by atoms with Gasteiger partial charge in [0.15, 0.2) is 9.84 Å². The van der Waals surface area contributed by atoms with Crippen molar-refractivity contribution in [3.05, 3.63) is 24.3 Å². The van der Waals surface area contributed by atoms with Crippen molar-refractivity contribution in [2.75, 3.05) is 23.9 Å². The number of anilines is 1. The minimum Gasteiger partial charge on any atom is -0.495 e. The van der Waals surface area contributed by atoms with Crippen LogP contribution in [0.25, 0.3) is 0 Å². The molecule has 1 atom stereocenters. The molecule has 1 aromatic carbocycles. The summed E-state index contributed by atoms with van der Waals surface area (Å²) >= 11 is 0. The van der Waals surface area contributed by atoms with Crippen LogP contribution in [0.5, 0.6) is 5.75 Å². The number of nitriles is 1. The minimum atomic E-state index is -3.17. The number of nitrogens with one attached hydrogen (secondary N) is 1. The first-order chi connectivity index (χ1) is 9.00. The molecule has 2 rings (SSSR count). The quantitative estimate of drug-likeness (QED) is 0.909. The van der Waals surface area contributed by atoms with E-state index in [9.17, 15) is 13.7 Å². The molecule has 1 fully saturated rings. The molecule has 1 aromatic rings. The summed E-state index contributed by atoms with van der Waals surface area (Å²) in [4.78, 5) is 0. The highest BCUT2D eigenvalue weighted by Crippen LogP contribution is 2.31. The van der Waals surface area contributed by atoms with Crippen LogP contribution in [-0.2, 0) is 9.84 Å². The molecule has 1 heterocycles. The van der Waals surface area contributed by atoms with Gasteiger partial charge < -0.3 is 10.1 Å². The van der Waals surface area contributed by atoms with Gasteiger partial charge in [-0.2, -0.15) is 5.26 Å².